The lowest BCUT2D eigenvalue weighted by Gasteiger charge is -2.30. The molecule has 0 saturated heterocycles. The summed E-state index contributed by atoms with van der Waals surface area (Å²) in [5, 5.41) is 0.450. The van der Waals surface area contributed by atoms with Crippen LogP contribution in [0.4, 0.5) is 5.69 Å². The van der Waals surface area contributed by atoms with Crippen LogP contribution in [0.25, 0.3) is 0 Å². The fraction of sp³-hybridized carbons (Fsp3) is 0.381. The lowest BCUT2D eigenvalue weighted by Crippen LogP contribution is -2.39. The van der Waals surface area contributed by atoms with Crippen molar-refractivity contribution < 1.29 is 17.9 Å². The smallest absolute Gasteiger partial charge is 0.264 e. The molecule has 2 aromatic rings. The van der Waals surface area contributed by atoms with Gasteiger partial charge in [0.25, 0.3) is 5.91 Å². The molecule has 3 rings (SSSR count). The molecule has 2 aromatic carbocycles. The molecule has 0 radical (unpaired) electrons. The Morgan fingerprint density at radius 2 is 1.90 bits per heavy atom. The van der Waals surface area contributed by atoms with Gasteiger partial charge in [-0.1, -0.05) is 37.6 Å². The number of halogens is 1. The Kier molecular flexibility index (Phi) is 6.82. The van der Waals surface area contributed by atoms with Gasteiger partial charge in [0.15, 0.2) is 6.61 Å². The first-order chi connectivity index (χ1) is 13.9. The van der Waals surface area contributed by atoms with E-state index in [1.165, 1.54) is 4.31 Å². The highest BCUT2D eigenvalue weighted by Gasteiger charge is 2.27. The molecule has 0 aliphatic carbocycles. The zero-order valence-corrected chi connectivity index (χ0v) is 18.2. The Morgan fingerprint density at radius 1 is 1.17 bits per heavy atom. The van der Waals surface area contributed by atoms with Crippen LogP contribution in [0.3, 0.4) is 0 Å². The molecule has 0 bridgehead atoms. The molecule has 0 N–H and O–H groups in total. The summed E-state index contributed by atoms with van der Waals surface area (Å²) >= 11 is 6.07. The number of carbonyl (C=O) groups excluding carboxylic acids is 1. The van der Waals surface area contributed by atoms with Crippen LogP contribution in [0.15, 0.2) is 47.4 Å². The number of para-hydroxylation sites is 1. The fourth-order valence-electron chi connectivity index (χ4n) is 3.48. The van der Waals surface area contributed by atoms with Crippen molar-refractivity contribution >= 4 is 33.2 Å². The lowest BCUT2D eigenvalue weighted by molar-refractivity contribution is -0.120. The van der Waals surface area contributed by atoms with Gasteiger partial charge >= 0.3 is 0 Å². The number of hydrogen-bond acceptors (Lipinski definition) is 4. The van der Waals surface area contributed by atoms with E-state index in [1.54, 1.807) is 47.4 Å². The summed E-state index contributed by atoms with van der Waals surface area (Å²) < 4.78 is 32.6. The normalized spacial score (nSPS) is 14.0. The van der Waals surface area contributed by atoms with Crippen LogP contribution in [-0.4, -0.2) is 44.9 Å². The van der Waals surface area contributed by atoms with Gasteiger partial charge in [-0.3, -0.25) is 4.79 Å². The molecule has 29 heavy (non-hydrogen) atoms. The average Bonchev–Trinajstić information content (AvgIpc) is 2.72. The predicted octanol–water partition coefficient (Wildman–Crippen LogP) is 3.73. The third kappa shape index (κ3) is 4.57. The zero-order valence-electron chi connectivity index (χ0n) is 16.6. The van der Waals surface area contributed by atoms with E-state index in [-0.39, 0.29) is 17.4 Å². The van der Waals surface area contributed by atoms with Gasteiger partial charge in [-0.2, -0.15) is 4.31 Å². The molecular weight excluding hydrogens is 412 g/mol. The Bertz CT molecular complexity index is 990. The first kappa shape index (κ1) is 21.6. The maximum atomic E-state index is 12.8. The summed E-state index contributed by atoms with van der Waals surface area (Å²) in [6, 6.07) is 12.0. The van der Waals surface area contributed by atoms with Gasteiger partial charge in [0.2, 0.25) is 10.0 Å². The van der Waals surface area contributed by atoms with E-state index in [0.717, 1.165) is 24.1 Å². The SMILES string of the molecule is CCN(CC)S(=O)(=O)c1ccc2c(c1)CCCN2C(=O)COc1ccccc1Cl. The molecular formula is C21H25ClN2O4S. The molecule has 0 unspecified atom stereocenters. The number of aryl methyl sites for hydroxylation is 1. The summed E-state index contributed by atoms with van der Waals surface area (Å²) in [5.41, 5.74) is 1.60. The lowest BCUT2D eigenvalue weighted by atomic mass is 10.0. The molecule has 0 saturated carbocycles. The van der Waals surface area contributed by atoms with Crippen LogP contribution < -0.4 is 9.64 Å². The van der Waals surface area contributed by atoms with E-state index in [1.807, 2.05) is 13.8 Å². The van der Waals surface area contributed by atoms with Crippen molar-refractivity contribution in [2.75, 3.05) is 31.1 Å². The van der Waals surface area contributed by atoms with E-state index in [0.29, 0.717) is 30.4 Å². The molecule has 8 heteroatoms. The number of ether oxygens (including phenoxy) is 1. The Hall–Kier alpha value is -2.09. The number of sulfonamides is 1. The maximum Gasteiger partial charge on any atom is 0.264 e. The van der Waals surface area contributed by atoms with Gasteiger partial charge in [0, 0.05) is 25.3 Å². The minimum atomic E-state index is -3.53. The van der Waals surface area contributed by atoms with Gasteiger partial charge in [-0.05, 0) is 48.7 Å². The summed E-state index contributed by atoms with van der Waals surface area (Å²) in [5.74, 6) is 0.269. The highest BCUT2D eigenvalue weighted by Crippen LogP contribution is 2.31. The van der Waals surface area contributed by atoms with Crippen molar-refractivity contribution in [2.24, 2.45) is 0 Å². The van der Waals surface area contributed by atoms with Crippen LogP contribution in [-0.2, 0) is 21.2 Å². The zero-order chi connectivity index (χ0) is 21.0. The molecule has 6 nitrogen and oxygen atoms in total. The average molecular weight is 437 g/mol. The minimum absolute atomic E-state index is 0.136. The third-order valence-corrected chi connectivity index (χ3v) is 7.36. The first-order valence-electron chi connectivity index (χ1n) is 9.69. The first-order valence-corrected chi connectivity index (χ1v) is 11.5. The molecule has 1 aliphatic heterocycles. The van der Waals surface area contributed by atoms with Crippen LogP contribution in [0.5, 0.6) is 5.75 Å². The Labute approximate surface area is 177 Å². The number of rotatable bonds is 7. The molecule has 0 atom stereocenters. The van der Waals surface area contributed by atoms with E-state index in [2.05, 4.69) is 0 Å². The largest absolute Gasteiger partial charge is 0.482 e. The highest BCUT2D eigenvalue weighted by molar-refractivity contribution is 7.89. The quantitative estimate of drug-likeness (QED) is 0.663. The molecule has 0 aromatic heterocycles. The Morgan fingerprint density at radius 3 is 2.59 bits per heavy atom. The molecule has 1 amide bonds. The minimum Gasteiger partial charge on any atom is -0.482 e. The maximum absolute atomic E-state index is 12.8. The van der Waals surface area contributed by atoms with Crippen molar-refractivity contribution in [3.63, 3.8) is 0 Å². The topological polar surface area (TPSA) is 66.9 Å². The van der Waals surface area contributed by atoms with Gasteiger partial charge < -0.3 is 9.64 Å². The molecule has 0 spiro atoms. The van der Waals surface area contributed by atoms with Gasteiger partial charge in [0.1, 0.15) is 5.75 Å². The molecule has 1 heterocycles. The van der Waals surface area contributed by atoms with Crippen LogP contribution in [0.2, 0.25) is 5.02 Å². The molecule has 1 aliphatic rings. The van der Waals surface area contributed by atoms with Gasteiger partial charge in [0.05, 0.1) is 9.92 Å². The number of benzene rings is 2. The standard InChI is InChI=1S/C21H25ClN2O4S/c1-3-23(4-2)29(26,27)17-11-12-19-16(14-17)8-7-13-24(19)21(25)15-28-20-10-6-5-9-18(20)22/h5-6,9-12,14H,3-4,7-8,13,15H2,1-2H3. The van der Waals surface area contributed by atoms with E-state index < -0.39 is 10.0 Å². The van der Waals surface area contributed by atoms with Crippen LogP contribution in [0.1, 0.15) is 25.8 Å². The van der Waals surface area contributed by atoms with Crippen molar-refractivity contribution in [1.29, 1.82) is 0 Å². The highest BCUT2D eigenvalue weighted by atomic mass is 35.5. The van der Waals surface area contributed by atoms with E-state index in [4.69, 9.17) is 16.3 Å². The summed E-state index contributed by atoms with van der Waals surface area (Å²) in [4.78, 5) is 14.7. The number of anilines is 1. The van der Waals surface area contributed by atoms with Crippen LogP contribution >= 0.6 is 11.6 Å². The number of nitrogens with zero attached hydrogens (tertiary/aromatic N) is 2. The summed E-state index contributed by atoms with van der Waals surface area (Å²) in [6.45, 7) is 4.90. The number of hydrogen-bond donors (Lipinski definition) is 0. The number of carbonyl (C=O) groups is 1. The van der Waals surface area contributed by atoms with Crippen molar-refractivity contribution in [3.8, 4) is 5.75 Å². The second-order valence-corrected chi connectivity index (χ2v) is 9.09. The van der Waals surface area contributed by atoms with Crippen molar-refractivity contribution in [2.45, 2.75) is 31.6 Å². The van der Waals surface area contributed by atoms with Gasteiger partial charge in [-0.15, -0.1) is 0 Å². The summed E-state index contributed by atoms with van der Waals surface area (Å²) in [7, 11) is -3.53. The number of fused-ring (bicyclic) bond motifs is 1. The van der Waals surface area contributed by atoms with Gasteiger partial charge in [-0.25, -0.2) is 8.42 Å². The summed E-state index contributed by atoms with van der Waals surface area (Å²) in [6.07, 6.45) is 1.49. The van der Waals surface area contributed by atoms with Crippen molar-refractivity contribution in [3.05, 3.63) is 53.1 Å². The fourth-order valence-corrected chi connectivity index (χ4v) is 5.18. The number of amides is 1. The van der Waals surface area contributed by atoms with Crippen molar-refractivity contribution in [1.82, 2.24) is 4.31 Å². The molecule has 156 valence electrons. The second-order valence-electron chi connectivity index (χ2n) is 6.75. The molecule has 0 fully saturated rings. The van der Waals surface area contributed by atoms with Crippen LogP contribution in [0, 0.1) is 0 Å². The predicted molar refractivity (Wildman–Crippen MR) is 114 cm³/mol. The monoisotopic (exact) mass is 436 g/mol. The van der Waals surface area contributed by atoms with E-state index >= 15 is 0 Å². The Balaban J connectivity index is 1.80. The van der Waals surface area contributed by atoms with E-state index in [9.17, 15) is 13.2 Å². The second kappa shape index (κ2) is 9.15. The third-order valence-electron chi connectivity index (χ3n) is 5.00.